The molecule has 0 spiro atoms. The number of benzene rings is 1. The zero-order chi connectivity index (χ0) is 15.5. The van der Waals surface area contributed by atoms with Gasteiger partial charge in [0.15, 0.2) is 0 Å². The topological polar surface area (TPSA) is 71.3 Å². The summed E-state index contributed by atoms with van der Waals surface area (Å²) < 4.78 is 28.8. The third-order valence-electron chi connectivity index (χ3n) is 3.51. The Balaban J connectivity index is 2.17. The van der Waals surface area contributed by atoms with Crippen LogP contribution in [0.3, 0.4) is 0 Å². The van der Waals surface area contributed by atoms with E-state index in [1.54, 1.807) is 11.6 Å². The van der Waals surface area contributed by atoms with Gasteiger partial charge in [-0.15, -0.1) is 0 Å². The van der Waals surface area contributed by atoms with E-state index in [0.717, 1.165) is 17.5 Å². The number of sulfonamides is 1. The average Bonchev–Trinajstić information content (AvgIpc) is 2.87. The number of aromatic nitrogens is 1. The molecule has 21 heavy (non-hydrogen) atoms. The smallest absolute Gasteiger partial charge is 0.242 e. The summed E-state index contributed by atoms with van der Waals surface area (Å²) in [5.41, 5.74) is 2.66. The molecule has 0 radical (unpaired) electrons. The van der Waals surface area contributed by atoms with E-state index in [-0.39, 0.29) is 18.0 Å². The minimum atomic E-state index is -3.58. The van der Waals surface area contributed by atoms with Crippen molar-refractivity contribution in [3.8, 4) is 0 Å². The van der Waals surface area contributed by atoms with Crippen LogP contribution in [0.15, 0.2) is 41.4 Å². The molecule has 114 valence electrons. The number of hydrogen-bond donors (Lipinski definition) is 2. The fraction of sp³-hybridized carbons (Fsp3) is 0.333. The molecule has 0 unspecified atom stereocenters. The van der Waals surface area contributed by atoms with Crippen LogP contribution in [0.2, 0.25) is 0 Å². The van der Waals surface area contributed by atoms with Crippen molar-refractivity contribution >= 4 is 10.0 Å². The molecule has 2 N–H and O–H groups in total. The van der Waals surface area contributed by atoms with Crippen molar-refractivity contribution in [3.05, 3.63) is 53.3 Å². The number of aliphatic hydroxyl groups is 1. The molecule has 0 aliphatic rings. The van der Waals surface area contributed by atoms with Crippen molar-refractivity contribution < 1.29 is 13.5 Å². The molecule has 2 aromatic rings. The lowest BCUT2D eigenvalue weighted by atomic mass is 10.1. The van der Waals surface area contributed by atoms with Gasteiger partial charge in [-0.2, -0.15) is 0 Å². The average molecular weight is 308 g/mol. The minimum absolute atomic E-state index is 0.169. The maximum Gasteiger partial charge on any atom is 0.242 e. The summed E-state index contributed by atoms with van der Waals surface area (Å²) in [7, 11) is -1.87. The fourth-order valence-corrected chi connectivity index (χ4v) is 3.31. The Morgan fingerprint density at radius 1 is 1.24 bits per heavy atom. The van der Waals surface area contributed by atoms with Crippen LogP contribution in [0.5, 0.6) is 0 Å². The first-order valence-corrected chi connectivity index (χ1v) is 8.28. The molecule has 0 aliphatic carbocycles. The second-order valence-corrected chi connectivity index (χ2v) is 6.65. The van der Waals surface area contributed by atoms with Crippen LogP contribution in [0.1, 0.15) is 23.7 Å². The summed E-state index contributed by atoms with van der Waals surface area (Å²) in [6.07, 6.45) is 2.36. The van der Waals surface area contributed by atoms with Crippen molar-refractivity contribution in [2.45, 2.75) is 31.4 Å². The number of rotatable bonds is 6. The van der Waals surface area contributed by atoms with Crippen LogP contribution in [0, 0.1) is 0 Å². The van der Waals surface area contributed by atoms with E-state index in [1.165, 1.54) is 12.3 Å². The van der Waals surface area contributed by atoms with Gasteiger partial charge in [0.2, 0.25) is 10.0 Å². The largest absolute Gasteiger partial charge is 0.390 e. The lowest BCUT2D eigenvalue weighted by Crippen LogP contribution is -2.23. The van der Waals surface area contributed by atoms with Gasteiger partial charge in [0.05, 0.1) is 11.5 Å². The van der Waals surface area contributed by atoms with Crippen LogP contribution in [0.4, 0.5) is 0 Å². The molecule has 0 amide bonds. The normalized spacial score (nSPS) is 11.8. The molecule has 0 saturated heterocycles. The highest BCUT2D eigenvalue weighted by Crippen LogP contribution is 2.15. The van der Waals surface area contributed by atoms with E-state index in [9.17, 15) is 8.42 Å². The predicted molar refractivity (Wildman–Crippen MR) is 81.2 cm³/mol. The quantitative estimate of drug-likeness (QED) is 0.850. The summed E-state index contributed by atoms with van der Waals surface area (Å²) in [5.74, 6) is 0. The molecule has 6 heteroatoms. The number of nitrogens with one attached hydrogen (secondary N) is 1. The standard InChI is InChI=1S/C15H20N2O3S/c1-3-12-6-4-5-7-13(12)9-16-21(19,20)15-8-14(11-18)17(2)10-15/h4-8,10,16,18H,3,9,11H2,1-2H3. The highest BCUT2D eigenvalue weighted by atomic mass is 32.2. The molecular formula is C15H20N2O3S. The van der Waals surface area contributed by atoms with Gasteiger partial charge in [-0.1, -0.05) is 31.2 Å². The third-order valence-corrected chi connectivity index (χ3v) is 4.88. The Hall–Kier alpha value is -1.63. The second-order valence-electron chi connectivity index (χ2n) is 4.88. The monoisotopic (exact) mass is 308 g/mol. The van der Waals surface area contributed by atoms with Crippen LogP contribution < -0.4 is 4.72 Å². The van der Waals surface area contributed by atoms with E-state index < -0.39 is 10.0 Å². The van der Waals surface area contributed by atoms with Crippen LogP contribution in [-0.4, -0.2) is 18.1 Å². The van der Waals surface area contributed by atoms with Crippen molar-refractivity contribution in [2.24, 2.45) is 7.05 Å². The Bertz CT molecular complexity index is 720. The number of nitrogens with zero attached hydrogens (tertiary/aromatic N) is 1. The molecule has 5 nitrogen and oxygen atoms in total. The molecule has 1 aromatic carbocycles. The second kappa shape index (κ2) is 6.43. The zero-order valence-electron chi connectivity index (χ0n) is 12.2. The number of hydrogen-bond acceptors (Lipinski definition) is 3. The SMILES string of the molecule is CCc1ccccc1CNS(=O)(=O)c1cc(CO)n(C)c1. The van der Waals surface area contributed by atoms with Gasteiger partial charge in [0.25, 0.3) is 0 Å². The minimum Gasteiger partial charge on any atom is -0.390 e. The van der Waals surface area contributed by atoms with Crippen molar-refractivity contribution in [1.29, 1.82) is 0 Å². The Morgan fingerprint density at radius 2 is 1.90 bits per heavy atom. The lowest BCUT2D eigenvalue weighted by molar-refractivity contribution is 0.272. The van der Waals surface area contributed by atoms with E-state index in [4.69, 9.17) is 5.11 Å². The van der Waals surface area contributed by atoms with Crippen LogP contribution in [-0.2, 0) is 36.6 Å². The molecule has 1 heterocycles. The number of aryl methyl sites for hydroxylation is 2. The summed E-state index contributed by atoms with van der Waals surface area (Å²) in [6, 6.07) is 9.24. The van der Waals surface area contributed by atoms with Crippen molar-refractivity contribution in [1.82, 2.24) is 9.29 Å². The zero-order valence-corrected chi connectivity index (χ0v) is 13.0. The molecule has 0 saturated carbocycles. The fourth-order valence-electron chi connectivity index (χ4n) is 2.21. The highest BCUT2D eigenvalue weighted by Gasteiger charge is 2.17. The van der Waals surface area contributed by atoms with E-state index in [1.807, 2.05) is 31.2 Å². The molecular weight excluding hydrogens is 288 g/mol. The molecule has 0 fully saturated rings. The summed E-state index contributed by atoms with van der Waals surface area (Å²) in [6.45, 7) is 2.11. The molecule has 2 rings (SSSR count). The van der Waals surface area contributed by atoms with Crippen LogP contribution in [0.25, 0.3) is 0 Å². The van der Waals surface area contributed by atoms with Gasteiger partial charge in [-0.05, 0) is 23.6 Å². The van der Waals surface area contributed by atoms with Gasteiger partial charge in [0.1, 0.15) is 0 Å². The summed E-state index contributed by atoms with van der Waals surface area (Å²) in [4.78, 5) is 0.169. The van der Waals surface area contributed by atoms with Crippen molar-refractivity contribution in [3.63, 3.8) is 0 Å². The summed E-state index contributed by atoms with van der Waals surface area (Å²) in [5, 5.41) is 9.14. The number of aliphatic hydroxyl groups excluding tert-OH is 1. The molecule has 0 bridgehead atoms. The van der Waals surface area contributed by atoms with Gasteiger partial charge in [-0.3, -0.25) is 0 Å². The first kappa shape index (κ1) is 15.8. The first-order valence-electron chi connectivity index (χ1n) is 6.80. The molecule has 0 aliphatic heterocycles. The highest BCUT2D eigenvalue weighted by molar-refractivity contribution is 7.89. The van der Waals surface area contributed by atoms with Gasteiger partial charge >= 0.3 is 0 Å². The Kier molecular flexibility index (Phi) is 4.82. The summed E-state index contributed by atoms with van der Waals surface area (Å²) >= 11 is 0. The van der Waals surface area contributed by atoms with Crippen LogP contribution >= 0.6 is 0 Å². The predicted octanol–water partition coefficient (Wildman–Crippen LogP) is 1.56. The molecule has 1 aromatic heterocycles. The Labute approximate surface area is 125 Å². The lowest BCUT2D eigenvalue weighted by Gasteiger charge is -2.09. The van der Waals surface area contributed by atoms with Gasteiger partial charge in [0, 0.05) is 25.5 Å². The van der Waals surface area contributed by atoms with E-state index >= 15 is 0 Å². The van der Waals surface area contributed by atoms with Crippen molar-refractivity contribution in [2.75, 3.05) is 0 Å². The first-order chi connectivity index (χ1) is 9.97. The molecule has 0 atom stereocenters. The van der Waals surface area contributed by atoms with E-state index in [2.05, 4.69) is 4.72 Å². The maximum absolute atomic E-state index is 12.3. The maximum atomic E-state index is 12.3. The third kappa shape index (κ3) is 3.53. The van der Waals surface area contributed by atoms with Gasteiger partial charge < -0.3 is 9.67 Å². The Morgan fingerprint density at radius 3 is 2.48 bits per heavy atom. The van der Waals surface area contributed by atoms with Gasteiger partial charge in [-0.25, -0.2) is 13.1 Å². The van der Waals surface area contributed by atoms with E-state index in [0.29, 0.717) is 5.69 Å².